The molecule has 1 aliphatic rings. The summed E-state index contributed by atoms with van der Waals surface area (Å²) < 4.78 is 0. The van der Waals surface area contributed by atoms with Crippen LogP contribution in [0.15, 0.2) is 0 Å². The SMILES string of the molecule is CCC(O)CC1(C(=O)O)CCC(C)(C)CC1. The lowest BCUT2D eigenvalue weighted by molar-refractivity contribution is -0.155. The third-order valence-electron chi connectivity index (χ3n) is 4.11. The second-order valence-electron chi connectivity index (χ2n) is 6.02. The molecule has 0 aromatic heterocycles. The molecule has 0 aromatic carbocycles. The van der Waals surface area contributed by atoms with Gasteiger partial charge in [0.15, 0.2) is 0 Å². The van der Waals surface area contributed by atoms with Crippen LogP contribution in [-0.2, 0) is 4.79 Å². The van der Waals surface area contributed by atoms with Crippen LogP contribution >= 0.6 is 0 Å². The van der Waals surface area contributed by atoms with Crippen molar-refractivity contribution in [1.29, 1.82) is 0 Å². The molecule has 1 atom stereocenters. The fourth-order valence-electron chi connectivity index (χ4n) is 2.51. The summed E-state index contributed by atoms with van der Waals surface area (Å²) in [7, 11) is 0. The van der Waals surface area contributed by atoms with Crippen molar-refractivity contribution >= 4 is 5.97 Å². The van der Waals surface area contributed by atoms with Crippen LogP contribution in [0.2, 0.25) is 0 Å². The van der Waals surface area contributed by atoms with Crippen LogP contribution in [0.25, 0.3) is 0 Å². The summed E-state index contributed by atoms with van der Waals surface area (Å²) in [4.78, 5) is 11.4. The number of aliphatic hydroxyl groups excluding tert-OH is 1. The molecule has 16 heavy (non-hydrogen) atoms. The third-order valence-corrected chi connectivity index (χ3v) is 4.11. The van der Waals surface area contributed by atoms with Crippen molar-refractivity contribution in [3.05, 3.63) is 0 Å². The average molecular weight is 228 g/mol. The zero-order chi connectivity index (χ0) is 12.4. The van der Waals surface area contributed by atoms with Gasteiger partial charge in [0.2, 0.25) is 0 Å². The van der Waals surface area contributed by atoms with Crippen molar-refractivity contribution in [1.82, 2.24) is 0 Å². The quantitative estimate of drug-likeness (QED) is 0.778. The highest BCUT2D eigenvalue weighted by atomic mass is 16.4. The van der Waals surface area contributed by atoms with Crippen LogP contribution in [0.5, 0.6) is 0 Å². The number of carboxylic acid groups (broad SMARTS) is 1. The van der Waals surface area contributed by atoms with E-state index in [0.29, 0.717) is 25.7 Å². The van der Waals surface area contributed by atoms with Gasteiger partial charge in [0.05, 0.1) is 11.5 Å². The molecule has 1 aliphatic carbocycles. The number of carboxylic acids is 1. The Hall–Kier alpha value is -0.570. The Kier molecular flexibility index (Phi) is 4.00. The molecule has 2 N–H and O–H groups in total. The third kappa shape index (κ3) is 2.97. The van der Waals surface area contributed by atoms with Crippen LogP contribution in [0.1, 0.15) is 59.3 Å². The Morgan fingerprint density at radius 3 is 2.12 bits per heavy atom. The first-order chi connectivity index (χ1) is 7.31. The van der Waals surface area contributed by atoms with Crippen LogP contribution < -0.4 is 0 Å². The van der Waals surface area contributed by atoms with Crippen LogP contribution in [0.4, 0.5) is 0 Å². The zero-order valence-electron chi connectivity index (χ0n) is 10.6. The van der Waals surface area contributed by atoms with E-state index in [4.69, 9.17) is 0 Å². The summed E-state index contributed by atoms with van der Waals surface area (Å²) in [6.45, 7) is 6.27. The van der Waals surface area contributed by atoms with Gasteiger partial charge in [-0.25, -0.2) is 0 Å². The first-order valence-corrected chi connectivity index (χ1v) is 6.23. The number of hydrogen-bond donors (Lipinski definition) is 2. The van der Waals surface area contributed by atoms with Crippen LogP contribution in [-0.4, -0.2) is 22.3 Å². The minimum absolute atomic E-state index is 0.260. The largest absolute Gasteiger partial charge is 0.481 e. The molecule has 0 aliphatic heterocycles. The van der Waals surface area contributed by atoms with Crippen LogP contribution in [0, 0.1) is 10.8 Å². The Bertz CT molecular complexity index is 248. The van der Waals surface area contributed by atoms with Crippen molar-refractivity contribution in [2.45, 2.75) is 65.4 Å². The molecule has 0 saturated heterocycles. The summed E-state index contributed by atoms with van der Waals surface area (Å²) in [6, 6.07) is 0. The molecule has 1 unspecified atom stereocenters. The highest BCUT2D eigenvalue weighted by Gasteiger charge is 2.44. The van der Waals surface area contributed by atoms with E-state index in [1.807, 2.05) is 6.92 Å². The van der Waals surface area contributed by atoms with Crippen molar-refractivity contribution in [2.75, 3.05) is 0 Å². The van der Waals surface area contributed by atoms with Gasteiger partial charge in [0.1, 0.15) is 0 Å². The average Bonchev–Trinajstić information content (AvgIpc) is 2.21. The van der Waals surface area contributed by atoms with E-state index in [1.165, 1.54) is 0 Å². The fraction of sp³-hybridized carbons (Fsp3) is 0.923. The Morgan fingerprint density at radius 2 is 1.75 bits per heavy atom. The van der Waals surface area contributed by atoms with Crippen molar-refractivity contribution in [2.24, 2.45) is 10.8 Å². The van der Waals surface area contributed by atoms with Crippen LogP contribution in [0.3, 0.4) is 0 Å². The topological polar surface area (TPSA) is 57.5 Å². The minimum atomic E-state index is -0.726. The van der Waals surface area contributed by atoms with E-state index in [-0.39, 0.29) is 5.41 Å². The van der Waals surface area contributed by atoms with Gasteiger partial charge in [0, 0.05) is 0 Å². The van der Waals surface area contributed by atoms with Crippen molar-refractivity contribution in [3.63, 3.8) is 0 Å². The van der Waals surface area contributed by atoms with E-state index in [9.17, 15) is 15.0 Å². The first kappa shape index (κ1) is 13.5. The lowest BCUT2D eigenvalue weighted by atomic mass is 9.63. The molecule has 1 saturated carbocycles. The summed E-state index contributed by atoms with van der Waals surface area (Å²) in [5.74, 6) is -0.726. The van der Waals surface area contributed by atoms with E-state index in [1.54, 1.807) is 0 Å². The molecule has 1 rings (SSSR count). The van der Waals surface area contributed by atoms with Gasteiger partial charge in [-0.05, 0) is 43.9 Å². The van der Waals surface area contributed by atoms with Gasteiger partial charge in [-0.15, -0.1) is 0 Å². The number of rotatable bonds is 4. The van der Waals surface area contributed by atoms with Crippen molar-refractivity contribution < 1.29 is 15.0 Å². The molecular formula is C13H24O3. The normalized spacial score (nSPS) is 25.0. The molecule has 3 nitrogen and oxygen atoms in total. The fourth-order valence-corrected chi connectivity index (χ4v) is 2.51. The monoisotopic (exact) mass is 228 g/mol. The minimum Gasteiger partial charge on any atom is -0.481 e. The number of aliphatic hydroxyl groups is 1. The van der Waals surface area contributed by atoms with Gasteiger partial charge in [-0.2, -0.15) is 0 Å². The van der Waals surface area contributed by atoms with Crippen molar-refractivity contribution in [3.8, 4) is 0 Å². The highest BCUT2D eigenvalue weighted by Crippen LogP contribution is 2.47. The molecular weight excluding hydrogens is 204 g/mol. The smallest absolute Gasteiger partial charge is 0.309 e. The molecule has 0 aromatic rings. The Morgan fingerprint density at radius 1 is 1.25 bits per heavy atom. The van der Waals surface area contributed by atoms with Gasteiger partial charge >= 0.3 is 5.97 Å². The maximum Gasteiger partial charge on any atom is 0.309 e. The number of carbonyl (C=O) groups is 1. The molecule has 0 spiro atoms. The Labute approximate surface area is 97.9 Å². The van der Waals surface area contributed by atoms with Gasteiger partial charge in [0.25, 0.3) is 0 Å². The summed E-state index contributed by atoms with van der Waals surface area (Å²) in [5, 5.41) is 19.1. The van der Waals surface area contributed by atoms with E-state index in [2.05, 4.69) is 13.8 Å². The van der Waals surface area contributed by atoms with E-state index >= 15 is 0 Å². The summed E-state index contributed by atoms with van der Waals surface area (Å²) in [6.07, 6.45) is 3.86. The predicted molar refractivity (Wildman–Crippen MR) is 63.2 cm³/mol. The van der Waals surface area contributed by atoms with Gasteiger partial charge in [-0.3, -0.25) is 4.79 Å². The Balaban J connectivity index is 2.73. The first-order valence-electron chi connectivity index (χ1n) is 6.23. The zero-order valence-corrected chi connectivity index (χ0v) is 10.6. The molecule has 94 valence electrons. The second-order valence-corrected chi connectivity index (χ2v) is 6.02. The summed E-state index contributed by atoms with van der Waals surface area (Å²) in [5.41, 5.74) is -0.416. The molecule has 0 bridgehead atoms. The molecule has 1 fully saturated rings. The lowest BCUT2D eigenvalue weighted by Gasteiger charge is -2.41. The molecule has 0 amide bonds. The standard InChI is InChI=1S/C13H24O3/c1-4-10(14)9-13(11(15)16)7-5-12(2,3)6-8-13/h10,14H,4-9H2,1-3H3,(H,15,16). The number of hydrogen-bond acceptors (Lipinski definition) is 2. The van der Waals surface area contributed by atoms with Gasteiger partial charge < -0.3 is 10.2 Å². The second kappa shape index (κ2) is 4.74. The maximum absolute atomic E-state index is 11.4. The van der Waals surface area contributed by atoms with E-state index < -0.39 is 17.5 Å². The highest BCUT2D eigenvalue weighted by molar-refractivity contribution is 5.74. The maximum atomic E-state index is 11.4. The lowest BCUT2D eigenvalue weighted by Crippen LogP contribution is -2.40. The van der Waals surface area contributed by atoms with E-state index in [0.717, 1.165) is 12.8 Å². The molecule has 0 radical (unpaired) electrons. The van der Waals surface area contributed by atoms with Gasteiger partial charge in [-0.1, -0.05) is 20.8 Å². The molecule has 3 heteroatoms. The molecule has 0 heterocycles. The predicted octanol–water partition coefficient (Wildman–Crippen LogP) is 2.82. The number of aliphatic carboxylic acids is 1. The summed E-state index contributed by atoms with van der Waals surface area (Å²) >= 11 is 0.